The highest BCUT2D eigenvalue weighted by molar-refractivity contribution is 5.91. The van der Waals surface area contributed by atoms with E-state index in [9.17, 15) is 13.2 Å². The molecule has 1 unspecified atom stereocenters. The first-order chi connectivity index (χ1) is 11.5. The predicted octanol–water partition coefficient (Wildman–Crippen LogP) is 5.87. The Balaban J connectivity index is 2.00. The van der Waals surface area contributed by atoms with Crippen LogP contribution in [0.25, 0.3) is 22.5 Å². The number of halogens is 3. The van der Waals surface area contributed by atoms with E-state index >= 15 is 0 Å². The topological polar surface area (TPSA) is 13.1 Å². The summed E-state index contributed by atoms with van der Waals surface area (Å²) in [5, 5.41) is 0. The third-order valence-electron chi connectivity index (χ3n) is 5.22. The van der Waals surface area contributed by atoms with Gasteiger partial charge in [-0.2, -0.15) is 0 Å². The maximum absolute atomic E-state index is 14.7. The third kappa shape index (κ3) is 1.56. The van der Waals surface area contributed by atoms with Gasteiger partial charge in [-0.15, -0.1) is 0 Å². The molecule has 0 spiro atoms. The van der Waals surface area contributed by atoms with Crippen LogP contribution >= 0.6 is 0 Å². The zero-order chi connectivity index (χ0) is 16.6. The van der Waals surface area contributed by atoms with Gasteiger partial charge in [-0.05, 0) is 17.2 Å². The minimum absolute atomic E-state index is 0.125. The molecule has 0 fully saturated rings. The minimum Gasteiger partial charge on any atom is -0.463 e. The Morgan fingerprint density at radius 3 is 2.67 bits per heavy atom. The van der Waals surface area contributed by atoms with Gasteiger partial charge >= 0.3 is 0 Å². The smallest absolute Gasteiger partial charge is 0.280 e. The maximum Gasteiger partial charge on any atom is 0.280 e. The van der Waals surface area contributed by atoms with E-state index in [1.807, 2.05) is 31.2 Å². The van der Waals surface area contributed by atoms with Crippen LogP contribution in [-0.2, 0) is 12.3 Å². The predicted molar refractivity (Wildman–Crippen MR) is 84.7 cm³/mol. The van der Waals surface area contributed by atoms with Gasteiger partial charge in [-0.25, -0.2) is 13.2 Å². The lowest BCUT2D eigenvalue weighted by Crippen LogP contribution is -2.24. The summed E-state index contributed by atoms with van der Waals surface area (Å²) in [5.74, 6) is -3.65. The molecule has 4 heteroatoms. The highest BCUT2D eigenvalue weighted by Gasteiger charge is 2.46. The van der Waals surface area contributed by atoms with Gasteiger partial charge < -0.3 is 4.42 Å². The fourth-order valence-electron chi connectivity index (χ4n) is 4.15. The largest absolute Gasteiger partial charge is 0.463 e. The molecule has 1 aromatic heterocycles. The molecule has 0 bridgehead atoms. The van der Waals surface area contributed by atoms with Crippen LogP contribution in [0.3, 0.4) is 0 Å². The minimum atomic E-state index is -3.24. The number of benzene rings is 2. The fourth-order valence-corrected chi connectivity index (χ4v) is 4.15. The van der Waals surface area contributed by atoms with Crippen LogP contribution in [0.1, 0.15) is 35.1 Å². The van der Waals surface area contributed by atoms with Gasteiger partial charge in [0.25, 0.3) is 5.92 Å². The van der Waals surface area contributed by atoms with E-state index in [-0.39, 0.29) is 5.92 Å². The van der Waals surface area contributed by atoms with Crippen molar-refractivity contribution in [3.63, 3.8) is 0 Å². The highest BCUT2D eigenvalue weighted by Crippen LogP contribution is 2.55. The molecule has 0 amide bonds. The Kier molecular flexibility index (Phi) is 2.50. The molecular formula is C20H13F3O. The lowest BCUT2D eigenvalue weighted by Gasteiger charge is -2.28. The molecular weight excluding hydrogens is 313 g/mol. The summed E-state index contributed by atoms with van der Waals surface area (Å²) in [6.07, 6.45) is 0.860. The molecule has 1 atom stereocenters. The van der Waals surface area contributed by atoms with E-state index in [1.54, 1.807) is 6.07 Å². The zero-order valence-corrected chi connectivity index (χ0v) is 12.9. The summed E-state index contributed by atoms with van der Waals surface area (Å²) in [7, 11) is 0. The molecule has 5 rings (SSSR count). The fraction of sp³-hybridized carbons (Fsp3) is 0.200. The van der Waals surface area contributed by atoms with Crippen molar-refractivity contribution in [3.8, 4) is 22.5 Å². The standard InChI is InChI=1S/C20H13F3O/c1-10-12-4-2-3-5-14(12)19-16-11(9-24-19)8-20(22,23)18-15(21)7-6-13(10)17(16)18/h2-7,9-10H,8H2,1H3. The lowest BCUT2D eigenvalue weighted by atomic mass is 9.79. The van der Waals surface area contributed by atoms with E-state index < -0.39 is 23.7 Å². The Morgan fingerprint density at radius 2 is 1.83 bits per heavy atom. The van der Waals surface area contributed by atoms with E-state index in [0.717, 1.165) is 22.8 Å². The van der Waals surface area contributed by atoms with Gasteiger partial charge in [0, 0.05) is 34.6 Å². The molecule has 0 radical (unpaired) electrons. The average Bonchev–Trinajstić information content (AvgIpc) is 2.92. The van der Waals surface area contributed by atoms with Crippen molar-refractivity contribution in [3.05, 3.63) is 70.7 Å². The van der Waals surface area contributed by atoms with Crippen molar-refractivity contribution < 1.29 is 17.6 Å². The first-order valence-corrected chi connectivity index (χ1v) is 7.90. The lowest BCUT2D eigenvalue weighted by molar-refractivity contribution is -0.00841. The number of hydrogen-bond acceptors (Lipinski definition) is 1. The van der Waals surface area contributed by atoms with Crippen LogP contribution in [0.2, 0.25) is 0 Å². The summed E-state index contributed by atoms with van der Waals surface area (Å²) in [6, 6.07) is 10.5. The molecule has 1 heterocycles. The number of hydrogen-bond donors (Lipinski definition) is 0. The van der Waals surface area contributed by atoms with Crippen LogP contribution in [-0.4, -0.2) is 0 Å². The van der Waals surface area contributed by atoms with Crippen LogP contribution in [0.4, 0.5) is 13.2 Å². The molecule has 0 aliphatic heterocycles. The molecule has 24 heavy (non-hydrogen) atoms. The van der Waals surface area contributed by atoms with Crippen molar-refractivity contribution in [2.24, 2.45) is 0 Å². The average molecular weight is 326 g/mol. The van der Waals surface area contributed by atoms with E-state index in [2.05, 4.69) is 0 Å². The van der Waals surface area contributed by atoms with E-state index in [4.69, 9.17) is 4.42 Å². The van der Waals surface area contributed by atoms with Crippen molar-refractivity contribution in [2.75, 3.05) is 0 Å². The molecule has 2 aliphatic carbocycles. The molecule has 2 aromatic carbocycles. The van der Waals surface area contributed by atoms with Crippen LogP contribution in [0, 0.1) is 5.82 Å². The quantitative estimate of drug-likeness (QED) is 0.504. The van der Waals surface area contributed by atoms with Crippen LogP contribution in [0.5, 0.6) is 0 Å². The van der Waals surface area contributed by atoms with Crippen molar-refractivity contribution in [2.45, 2.75) is 25.2 Å². The third-order valence-corrected chi connectivity index (χ3v) is 5.22. The van der Waals surface area contributed by atoms with Gasteiger partial charge in [0.1, 0.15) is 11.6 Å². The van der Waals surface area contributed by atoms with Gasteiger partial charge in [0.2, 0.25) is 0 Å². The first-order valence-electron chi connectivity index (χ1n) is 7.90. The summed E-state index contributed by atoms with van der Waals surface area (Å²) in [5.41, 5.74) is 3.50. The SMILES string of the molecule is CC1c2ccccc2-c2occ3c2-c2c1ccc(F)c2C(F)(F)C3. The second kappa shape index (κ2) is 4.32. The molecule has 120 valence electrons. The van der Waals surface area contributed by atoms with Crippen molar-refractivity contribution in [1.82, 2.24) is 0 Å². The van der Waals surface area contributed by atoms with Crippen LogP contribution in [0.15, 0.2) is 47.1 Å². The number of alkyl halides is 2. The molecule has 1 nitrogen and oxygen atoms in total. The van der Waals surface area contributed by atoms with Crippen molar-refractivity contribution >= 4 is 0 Å². The molecule has 3 aromatic rings. The number of fused-ring (bicyclic) bond motifs is 2. The summed E-state index contributed by atoms with van der Waals surface area (Å²) in [6.45, 7) is 1.96. The summed E-state index contributed by atoms with van der Waals surface area (Å²) in [4.78, 5) is 0. The van der Waals surface area contributed by atoms with Gasteiger partial charge in [-0.1, -0.05) is 37.3 Å². The van der Waals surface area contributed by atoms with Gasteiger partial charge in [0.05, 0.1) is 11.8 Å². The Morgan fingerprint density at radius 1 is 1.04 bits per heavy atom. The van der Waals surface area contributed by atoms with Gasteiger partial charge in [-0.3, -0.25) is 0 Å². The summed E-state index contributed by atoms with van der Waals surface area (Å²) < 4.78 is 49.4. The summed E-state index contributed by atoms with van der Waals surface area (Å²) >= 11 is 0. The number of furan rings is 1. The molecule has 0 N–H and O–H groups in total. The number of rotatable bonds is 0. The molecule has 0 saturated carbocycles. The van der Waals surface area contributed by atoms with Crippen LogP contribution < -0.4 is 0 Å². The second-order valence-corrected chi connectivity index (χ2v) is 6.54. The molecule has 0 saturated heterocycles. The zero-order valence-electron chi connectivity index (χ0n) is 12.9. The van der Waals surface area contributed by atoms with Crippen molar-refractivity contribution in [1.29, 1.82) is 0 Å². The Labute approximate surface area is 136 Å². The Hall–Kier alpha value is -2.49. The Bertz CT molecular complexity index is 1000. The highest BCUT2D eigenvalue weighted by atomic mass is 19.3. The maximum atomic E-state index is 14.7. The first kappa shape index (κ1) is 13.9. The van der Waals surface area contributed by atoms with Gasteiger partial charge in [0.15, 0.2) is 0 Å². The van der Waals surface area contributed by atoms with E-state index in [0.29, 0.717) is 22.5 Å². The molecule has 2 aliphatic rings. The monoisotopic (exact) mass is 326 g/mol. The second-order valence-electron chi connectivity index (χ2n) is 6.54. The van der Waals surface area contributed by atoms with E-state index in [1.165, 1.54) is 6.26 Å². The normalized spacial score (nSPS) is 19.4.